The van der Waals surface area contributed by atoms with Crippen molar-refractivity contribution in [3.63, 3.8) is 0 Å². The molecule has 0 saturated carbocycles. The molecular weight excluding hydrogens is 310 g/mol. The van der Waals surface area contributed by atoms with Crippen molar-refractivity contribution in [3.8, 4) is 5.75 Å². The smallest absolute Gasteiger partial charge is 0.125 e. The van der Waals surface area contributed by atoms with Gasteiger partial charge in [0, 0.05) is 4.88 Å². The quantitative estimate of drug-likeness (QED) is 0.904. The van der Waals surface area contributed by atoms with Crippen LogP contribution in [0.2, 0.25) is 0 Å². The van der Waals surface area contributed by atoms with E-state index in [0.717, 1.165) is 21.5 Å². The molecule has 0 spiro atoms. The molecule has 0 atom stereocenters. The third kappa shape index (κ3) is 3.34. The van der Waals surface area contributed by atoms with Crippen LogP contribution in [0.25, 0.3) is 0 Å². The van der Waals surface area contributed by atoms with Gasteiger partial charge in [0.05, 0.1) is 3.79 Å². The summed E-state index contributed by atoms with van der Waals surface area (Å²) in [5.74, 6) is 0.979. The molecule has 2 N–H and O–H groups in total. The maximum absolute atomic E-state index is 5.95. The summed E-state index contributed by atoms with van der Waals surface area (Å²) in [6.07, 6.45) is 0.852. The van der Waals surface area contributed by atoms with E-state index in [0.29, 0.717) is 13.2 Å². The van der Waals surface area contributed by atoms with Gasteiger partial charge in [-0.25, -0.2) is 0 Å². The van der Waals surface area contributed by atoms with Crippen LogP contribution >= 0.6 is 27.3 Å². The molecule has 2 nitrogen and oxygen atoms in total. The minimum Gasteiger partial charge on any atom is -0.488 e. The van der Waals surface area contributed by atoms with Gasteiger partial charge < -0.3 is 10.5 Å². The lowest BCUT2D eigenvalue weighted by Gasteiger charge is -2.13. The Hall–Kier alpha value is -0.840. The van der Waals surface area contributed by atoms with E-state index in [-0.39, 0.29) is 0 Å². The van der Waals surface area contributed by atoms with Crippen molar-refractivity contribution in [2.45, 2.75) is 20.0 Å². The molecule has 2 rings (SSSR count). The molecular formula is C14H16BrNOS. The van der Waals surface area contributed by atoms with Crippen LogP contribution in [0.5, 0.6) is 5.75 Å². The van der Waals surface area contributed by atoms with Crippen LogP contribution in [0.3, 0.4) is 0 Å². The lowest BCUT2D eigenvalue weighted by molar-refractivity contribution is 0.304. The Morgan fingerprint density at radius 3 is 2.78 bits per heavy atom. The molecule has 0 aliphatic heterocycles. The Labute approximate surface area is 120 Å². The molecule has 0 amide bonds. The van der Waals surface area contributed by atoms with E-state index < -0.39 is 0 Å². The maximum atomic E-state index is 5.95. The van der Waals surface area contributed by atoms with Crippen molar-refractivity contribution in [1.29, 1.82) is 0 Å². The van der Waals surface area contributed by atoms with Gasteiger partial charge in [0.2, 0.25) is 0 Å². The van der Waals surface area contributed by atoms with Crippen molar-refractivity contribution < 1.29 is 4.74 Å². The molecule has 0 bridgehead atoms. The van der Waals surface area contributed by atoms with Crippen molar-refractivity contribution in [3.05, 3.63) is 50.1 Å². The Morgan fingerprint density at radius 2 is 2.11 bits per heavy atom. The predicted molar refractivity (Wildman–Crippen MR) is 80.3 cm³/mol. The van der Waals surface area contributed by atoms with Gasteiger partial charge in [-0.3, -0.25) is 0 Å². The number of ether oxygens (including phenoxy) is 1. The van der Waals surface area contributed by atoms with E-state index >= 15 is 0 Å². The summed E-state index contributed by atoms with van der Waals surface area (Å²) in [6.45, 7) is 3.32. The second kappa shape index (κ2) is 6.36. The van der Waals surface area contributed by atoms with Gasteiger partial charge >= 0.3 is 0 Å². The SMILES string of the molecule is Cc1cccc(CCN)c1OCc1ccc(Br)s1. The molecule has 2 aromatic rings. The highest BCUT2D eigenvalue weighted by atomic mass is 79.9. The van der Waals surface area contributed by atoms with Crippen molar-refractivity contribution in [1.82, 2.24) is 0 Å². The number of para-hydroxylation sites is 1. The summed E-state index contributed by atoms with van der Waals surface area (Å²) in [4.78, 5) is 1.21. The van der Waals surface area contributed by atoms with Crippen LogP contribution in [0.4, 0.5) is 0 Å². The molecule has 18 heavy (non-hydrogen) atoms. The third-order valence-corrected chi connectivity index (χ3v) is 4.29. The van der Waals surface area contributed by atoms with E-state index in [4.69, 9.17) is 10.5 Å². The minimum atomic E-state index is 0.610. The zero-order valence-electron chi connectivity index (χ0n) is 10.3. The fourth-order valence-corrected chi connectivity index (χ4v) is 3.24. The first-order chi connectivity index (χ1) is 8.70. The molecule has 1 heterocycles. The summed E-state index contributed by atoms with van der Waals surface area (Å²) in [5.41, 5.74) is 7.98. The number of hydrogen-bond donors (Lipinski definition) is 1. The highest BCUT2D eigenvalue weighted by molar-refractivity contribution is 9.11. The van der Waals surface area contributed by atoms with Crippen molar-refractivity contribution >= 4 is 27.3 Å². The number of rotatable bonds is 5. The first kappa shape index (κ1) is 13.6. The van der Waals surface area contributed by atoms with E-state index in [1.807, 2.05) is 6.07 Å². The molecule has 0 unspecified atom stereocenters. The molecule has 96 valence electrons. The van der Waals surface area contributed by atoms with Crippen LogP contribution in [-0.2, 0) is 13.0 Å². The van der Waals surface area contributed by atoms with Crippen LogP contribution < -0.4 is 10.5 Å². The van der Waals surface area contributed by atoms with Gasteiger partial charge in [-0.15, -0.1) is 11.3 Å². The van der Waals surface area contributed by atoms with Gasteiger partial charge in [0.25, 0.3) is 0 Å². The zero-order valence-corrected chi connectivity index (χ0v) is 12.7. The van der Waals surface area contributed by atoms with Crippen LogP contribution in [-0.4, -0.2) is 6.54 Å². The predicted octanol–water partition coefficient (Wildman–Crippen LogP) is 3.90. The molecule has 0 saturated heterocycles. The van der Waals surface area contributed by atoms with E-state index in [1.165, 1.54) is 10.4 Å². The molecule has 1 aromatic carbocycles. The summed E-state index contributed by atoms with van der Waals surface area (Å²) in [6, 6.07) is 10.3. The topological polar surface area (TPSA) is 35.2 Å². The van der Waals surface area contributed by atoms with Crippen molar-refractivity contribution in [2.75, 3.05) is 6.54 Å². The molecule has 0 aliphatic carbocycles. The number of nitrogens with two attached hydrogens (primary N) is 1. The Morgan fingerprint density at radius 1 is 1.28 bits per heavy atom. The third-order valence-electron chi connectivity index (χ3n) is 2.69. The van der Waals surface area contributed by atoms with Crippen molar-refractivity contribution in [2.24, 2.45) is 5.73 Å². The Balaban J connectivity index is 2.12. The number of hydrogen-bond acceptors (Lipinski definition) is 3. The summed E-state index contributed by atoms with van der Waals surface area (Å²) in [5, 5.41) is 0. The summed E-state index contributed by atoms with van der Waals surface area (Å²) < 4.78 is 7.09. The minimum absolute atomic E-state index is 0.610. The van der Waals surface area contributed by atoms with Gasteiger partial charge in [-0.2, -0.15) is 0 Å². The second-order valence-corrected chi connectivity index (χ2v) is 6.64. The van der Waals surface area contributed by atoms with E-state index in [2.05, 4.69) is 47.1 Å². The van der Waals surface area contributed by atoms with E-state index in [9.17, 15) is 0 Å². The standard InChI is InChI=1S/C14H16BrNOS/c1-10-3-2-4-11(7-8-16)14(10)17-9-12-5-6-13(15)18-12/h2-6H,7-9,16H2,1H3. The zero-order chi connectivity index (χ0) is 13.0. The van der Waals surface area contributed by atoms with Crippen LogP contribution in [0.1, 0.15) is 16.0 Å². The van der Waals surface area contributed by atoms with Gasteiger partial charge in [0.1, 0.15) is 12.4 Å². The van der Waals surface area contributed by atoms with Crippen LogP contribution in [0, 0.1) is 6.92 Å². The summed E-state index contributed by atoms with van der Waals surface area (Å²) >= 11 is 5.16. The van der Waals surface area contributed by atoms with Crippen LogP contribution in [0.15, 0.2) is 34.1 Å². The first-order valence-electron chi connectivity index (χ1n) is 5.86. The largest absolute Gasteiger partial charge is 0.488 e. The second-order valence-electron chi connectivity index (χ2n) is 4.10. The fourth-order valence-electron chi connectivity index (χ4n) is 1.84. The number of thiophene rings is 1. The number of aryl methyl sites for hydroxylation is 1. The van der Waals surface area contributed by atoms with Gasteiger partial charge in [-0.05, 0) is 59.1 Å². The first-order valence-corrected chi connectivity index (χ1v) is 7.47. The molecule has 0 aliphatic rings. The molecule has 4 heteroatoms. The maximum Gasteiger partial charge on any atom is 0.125 e. The Kier molecular flexibility index (Phi) is 4.80. The monoisotopic (exact) mass is 325 g/mol. The lowest BCUT2D eigenvalue weighted by atomic mass is 10.1. The highest BCUT2D eigenvalue weighted by Gasteiger charge is 2.07. The molecule has 1 aromatic heterocycles. The number of benzene rings is 1. The normalized spacial score (nSPS) is 10.6. The Bertz CT molecular complexity index is 524. The average molecular weight is 326 g/mol. The van der Waals surface area contributed by atoms with E-state index in [1.54, 1.807) is 11.3 Å². The molecule has 0 radical (unpaired) electrons. The number of halogens is 1. The highest BCUT2D eigenvalue weighted by Crippen LogP contribution is 2.27. The van der Waals surface area contributed by atoms with Gasteiger partial charge in [0.15, 0.2) is 0 Å². The fraction of sp³-hybridized carbons (Fsp3) is 0.286. The summed E-state index contributed by atoms with van der Waals surface area (Å²) in [7, 11) is 0. The average Bonchev–Trinajstić information content (AvgIpc) is 2.75. The lowest BCUT2D eigenvalue weighted by Crippen LogP contribution is -2.06. The molecule has 0 fully saturated rings. The van der Waals surface area contributed by atoms with Gasteiger partial charge in [-0.1, -0.05) is 18.2 Å².